The molecule has 0 amide bonds. The largest absolute Gasteiger partial charge is 0.481 e. The van der Waals surface area contributed by atoms with Crippen LogP contribution < -0.4 is 0 Å². The normalized spacial score (nSPS) is 26.4. The monoisotopic (exact) mass is 308 g/mol. The van der Waals surface area contributed by atoms with Gasteiger partial charge in [-0.15, -0.1) is 0 Å². The number of aliphatic hydroxyl groups is 1. The van der Waals surface area contributed by atoms with Crippen LogP contribution in [0.25, 0.3) is 0 Å². The molecule has 114 valence electrons. The maximum Gasteiger partial charge on any atom is 0.303 e. The van der Waals surface area contributed by atoms with Gasteiger partial charge in [0.2, 0.25) is 0 Å². The zero-order chi connectivity index (χ0) is 15.4. The Balaban J connectivity index is 2.04. The van der Waals surface area contributed by atoms with Crippen molar-refractivity contribution in [3.05, 3.63) is 47.4 Å². The Kier molecular flexibility index (Phi) is 5.31. The molecule has 0 spiro atoms. The smallest absolute Gasteiger partial charge is 0.303 e. The molecule has 1 saturated carbocycles. The standard InChI is InChI=1S/C16H20O4S/c1-11(21(20)10-12-5-3-2-4-6-12)13-7-8-15(17)14(13)9-16(18)19/h2-6,13-15,17H,1,7-10H2,(H,18,19)/t13-,14-,15+,21?/m1/s1. The third-order valence-electron chi connectivity index (χ3n) is 4.04. The van der Waals surface area contributed by atoms with Gasteiger partial charge in [0.1, 0.15) is 0 Å². The summed E-state index contributed by atoms with van der Waals surface area (Å²) in [7, 11) is -1.25. The summed E-state index contributed by atoms with van der Waals surface area (Å²) in [6.45, 7) is 3.92. The van der Waals surface area contributed by atoms with Crippen LogP contribution in [0.15, 0.2) is 41.8 Å². The number of aliphatic carboxylic acids is 1. The Hall–Kier alpha value is -1.46. The minimum Gasteiger partial charge on any atom is -0.481 e. The van der Waals surface area contributed by atoms with Crippen molar-refractivity contribution in [3.63, 3.8) is 0 Å². The van der Waals surface area contributed by atoms with Gasteiger partial charge < -0.3 is 10.2 Å². The molecule has 1 aromatic carbocycles. The van der Waals surface area contributed by atoms with E-state index in [2.05, 4.69) is 6.58 Å². The summed E-state index contributed by atoms with van der Waals surface area (Å²) < 4.78 is 12.4. The molecule has 1 aromatic rings. The zero-order valence-corrected chi connectivity index (χ0v) is 12.6. The molecule has 2 rings (SSSR count). The van der Waals surface area contributed by atoms with E-state index in [1.54, 1.807) is 0 Å². The van der Waals surface area contributed by atoms with Crippen molar-refractivity contribution in [1.82, 2.24) is 0 Å². The van der Waals surface area contributed by atoms with Gasteiger partial charge in [-0.05, 0) is 24.3 Å². The third kappa shape index (κ3) is 4.02. The lowest BCUT2D eigenvalue weighted by molar-refractivity contribution is -0.139. The molecule has 4 atom stereocenters. The Morgan fingerprint density at radius 2 is 1.95 bits per heavy atom. The highest BCUT2D eigenvalue weighted by Crippen LogP contribution is 2.40. The van der Waals surface area contributed by atoms with Crippen LogP contribution in [0.5, 0.6) is 0 Å². The maximum atomic E-state index is 12.4. The molecule has 2 N–H and O–H groups in total. The first kappa shape index (κ1) is 15.9. The van der Waals surface area contributed by atoms with Gasteiger partial charge in [-0.2, -0.15) is 0 Å². The average Bonchev–Trinajstić information content (AvgIpc) is 2.80. The van der Waals surface area contributed by atoms with Crippen LogP contribution in [-0.4, -0.2) is 26.5 Å². The molecule has 0 bridgehead atoms. The SMILES string of the molecule is C=C([C@H]1CC[C@H](O)[C@@H]1CC(=O)O)S(=O)Cc1ccccc1. The lowest BCUT2D eigenvalue weighted by atomic mass is 9.91. The van der Waals surface area contributed by atoms with Gasteiger partial charge in [0.15, 0.2) is 0 Å². The second-order valence-electron chi connectivity index (χ2n) is 5.45. The maximum absolute atomic E-state index is 12.4. The van der Waals surface area contributed by atoms with Crippen LogP contribution in [0.3, 0.4) is 0 Å². The van der Waals surface area contributed by atoms with Gasteiger partial charge in [-0.25, -0.2) is 0 Å². The summed E-state index contributed by atoms with van der Waals surface area (Å²) in [5.74, 6) is -1.12. The number of rotatable bonds is 6. The molecule has 5 heteroatoms. The molecule has 4 nitrogen and oxygen atoms in total. The lowest BCUT2D eigenvalue weighted by Gasteiger charge is -2.22. The Labute approximate surface area is 127 Å². The third-order valence-corrected chi connectivity index (χ3v) is 5.52. The van der Waals surface area contributed by atoms with E-state index in [0.717, 1.165) is 5.56 Å². The minimum absolute atomic E-state index is 0.104. The highest BCUT2D eigenvalue weighted by molar-refractivity contribution is 7.88. The van der Waals surface area contributed by atoms with E-state index in [4.69, 9.17) is 5.11 Å². The Morgan fingerprint density at radius 1 is 1.29 bits per heavy atom. The Bertz CT molecular complexity index is 540. The van der Waals surface area contributed by atoms with E-state index < -0.39 is 22.9 Å². The fourth-order valence-corrected chi connectivity index (χ4v) is 4.22. The van der Waals surface area contributed by atoms with E-state index in [-0.39, 0.29) is 18.3 Å². The van der Waals surface area contributed by atoms with Crippen molar-refractivity contribution in [2.75, 3.05) is 0 Å². The van der Waals surface area contributed by atoms with Crippen LogP contribution >= 0.6 is 0 Å². The van der Waals surface area contributed by atoms with Crippen molar-refractivity contribution in [1.29, 1.82) is 0 Å². The molecule has 0 aromatic heterocycles. The van der Waals surface area contributed by atoms with Crippen LogP contribution in [0.4, 0.5) is 0 Å². The quantitative estimate of drug-likeness (QED) is 0.845. The summed E-state index contributed by atoms with van der Waals surface area (Å²) in [5.41, 5.74) is 0.963. The average molecular weight is 308 g/mol. The summed E-state index contributed by atoms with van der Waals surface area (Å²) in [6.07, 6.45) is 0.451. The van der Waals surface area contributed by atoms with Crippen LogP contribution in [0.2, 0.25) is 0 Å². The second kappa shape index (κ2) is 7.00. The predicted molar refractivity (Wildman–Crippen MR) is 81.9 cm³/mol. The van der Waals surface area contributed by atoms with Gasteiger partial charge in [-0.1, -0.05) is 36.9 Å². The highest BCUT2D eigenvalue weighted by Gasteiger charge is 2.39. The van der Waals surface area contributed by atoms with Gasteiger partial charge in [-0.3, -0.25) is 9.00 Å². The number of hydrogen-bond donors (Lipinski definition) is 2. The molecule has 0 heterocycles. The molecule has 0 saturated heterocycles. The van der Waals surface area contributed by atoms with E-state index in [1.165, 1.54) is 0 Å². The van der Waals surface area contributed by atoms with Crippen molar-refractivity contribution in [2.45, 2.75) is 31.1 Å². The number of carboxylic acids is 1. The summed E-state index contributed by atoms with van der Waals surface area (Å²) in [5, 5.41) is 18.9. The molecular weight excluding hydrogens is 288 g/mol. The second-order valence-corrected chi connectivity index (χ2v) is 6.96. The predicted octanol–water partition coefficient (Wildman–Crippen LogP) is 2.31. The van der Waals surface area contributed by atoms with Gasteiger partial charge >= 0.3 is 5.97 Å². The highest BCUT2D eigenvalue weighted by atomic mass is 32.2. The molecule has 0 aliphatic heterocycles. The van der Waals surface area contributed by atoms with Gasteiger partial charge in [0.05, 0.1) is 29.1 Å². The fourth-order valence-electron chi connectivity index (χ4n) is 2.91. The first-order valence-corrected chi connectivity index (χ1v) is 8.32. The topological polar surface area (TPSA) is 74.6 Å². The van der Waals surface area contributed by atoms with Gasteiger partial charge in [0, 0.05) is 10.8 Å². The number of carbonyl (C=O) groups is 1. The summed E-state index contributed by atoms with van der Waals surface area (Å²) in [6, 6.07) is 9.49. The Morgan fingerprint density at radius 3 is 2.57 bits per heavy atom. The van der Waals surface area contributed by atoms with Crippen molar-refractivity contribution >= 4 is 16.8 Å². The van der Waals surface area contributed by atoms with Gasteiger partial charge in [0.25, 0.3) is 0 Å². The first-order chi connectivity index (χ1) is 9.99. The molecule has 21 heavy (non-hydrogen) atoms. The first-order valence-electron chi connectivity index (χ1n) is 7.00. The number of hydrogen-bond acceptors (Lipinski definition) is 3. The summed E-state index contributed by atoms with van der Waals surface area (Å²) in [4.78, 5) is 11.5. The van der Waals surface area contributed by atoms with Crippen LogP contribution in [0, 0.1) is 11.8 Å². The molecule has 0 radical (unpaired) electrons. The van der Waals surface area contributed by atoms with E-state index in [1.807, 2.05) is 30.3 Å². The minimum atomic E-state index is -1.25. The molecule has 1 fully saturated rings. The molecule has 1 aliphatic rings. The fraction of sp³-hybridized carbons (Fsp3) is 0.438. The van der Waals surface area contributed by atoms with E-state index in [9.17, 15) is 14.1 Å². The zero-order valence-electron chi connectivity index (χ0n) is 11.8. The molecular formula is C16H20O4S. The summed E-state index contributed by atoms with van der Waals surface area (Å²) >= 11 is 0. The van der Waals surface area contributed by atoms with Crippen LogP contribution in [-0.2, 0) is 21.3 Å². The number of aliphatic hydroxyl groups excluding tert-OH is 1. The van der Waals surface area contributed by atoms with Crippen molar-refractivity contribution in [2.24, 2.45) is 11.8 Å². The number of allylic oxidation sites excluding steroid dienone is 1. The lowest BCUT2D eigenvalue weighted by Crippen LogP contribution is -2.24. The number of carboxylic acid groups (broad SMARTS) is 1. The molecule has 1 aliphatic carbocycles. The molecule has 1 unspecified atom stereocenters. The van der Waals surface area contributed by atoms with E-state index in [0.29, 0.717) is 23.5 Å². The number of benzene rings is 1. The van der Waals surface area contributed by atoms with Crippen LogP contribution in [0.1, 0.15) is 24.8 Å². The van der Waals surface area contributed by atoms with Crippen molar-refractivity contribution in [3.8, 4) is 0 Å². The van der Waals surface area contributed by atoms with E-state index >= 15 is 0 Å². The van der Waals surface area contributed by atoms with Crippen molar-refractivity contribution < 1.29 is 19.2 Å².